The van der Waals surface area contributed by atoms with Crippen LogP contribution < -0.4 is 9.47 Å². The molecule has 5 aromatic carbocycles. The summed E-state index contributed by atoms with van der Waals surface area (Å²) in [6.45, 7) is 0.841. The molecule has 0 heterocycles. The van der Waals surface area contributed by atoms with E-state index in [4.69, 9.17) is 9.47 Å². The molecule has 0 aromatic heterocycles. The number of hydrogen-bond acceptors (Lipinski definition) is 4. The Hall–Kier alpha value is -4.96. The third-order valence-electron chi connectivity index (χ3n) is 6.14. The number of rotatable bonds is 10. The summed E-state index contributed by atoms with van der Waals surface area (Å²) in [6, 6.07) is 40.9. The molecule has 4 nitrogen and oxygen atoms in total. The highest BCUT2D eigenvalue weighted by molar-refractivity contribution is 6.09. The highest BCUT2D eigenvalue weighted by Crippen LogP contribution is 2.19. The fraction of sp³-hybridized carbons (Fsp3) is 0.0588. The third kappa shape index (κ3) is 6.23. The van der Waals surface area contributed by atoms with Crippen LogP contribution in [0.5, 0.6) is 11.5 Å². The van der Waals surface area contributed by atoms with Crippen LogP contribution in [0.4, 0.5) is 0 Å². The molecule has 38 heavy (non-hydrogen) atoms. The van der Waals surface area contributed by atoms with Crippen molar-refractivity contribution < 1.29 is 19.1 Å². The van der Waals surface area contributed by atoms with Gasteiger partial charge in [-0.1, -0.05) is 84.9 Å². The van der Waals surface area contributed by atoms with Gasteiger partial charge in [-0.25, -0.2) is 0 Å². The molecule has 0 bridgehead atoms. The van der Waals surface area contributed by atoms with E-state index in [2.05, 4.69) is 0 Å². The highest BCUT2D eigenvalue weighted by Gasteiger charge is 2.10. The molecule has 0 unspecified atom stereocenters. The van der Waals surface area contributed by atoms with Crippen LogP contribution in [0, 0.1) is 0 Å². The average Bonchev–Trinajstić information content (AvgIpc) is 3.00. The second-order valence-electron chi connectivity index (χ2n) is 8.83. The molecule has 0 N–H and O–H groups in total. The highest BCUT2D eigenvalue weighted by atomic mass is 16.5. The van der Waals surface area contributed by atoms with E-state index < -0.39 is 0 Å². The van der Waals surface area contributed by atoms with Crippen LogP contribution in [0.1, 0.15) is 43.0 Å². The average molecular weight is 499 g/mol. The minimum absolute atomic E-state index is 0.00780. The quantitative estimate of drug-likeness (QED) is 0.190. The number of benzene rings is 5. The van der Waals surface area contributed by atoms with E-state index >= 15 is 0 Å². The Labute approximate surface area is 222 Å². The standard InChI is InChI=1S/C34H26O4/c35-33(27-7-3-1-4-8-27)29-15-19-31(20-16-29)37-23-25-11-13-26(14-12-25)24-38-32-21-17-30(18-22-32)34(36)28-9-5-2-6-10-28/h1-22H,23-24H2. The molecule has 0 saturated carbocycles. The summed E-state index contributed by atoms with van der Waals surface area (Å²) < 4.78 is 11.8. The summed E-state index contributed by atoms with van der Waals surface area (Å²) in [5, 5.41) is 0. The zero-order valence-electron chi connectivity index (χ0n) is 20.7. The first kappa shape index (κ1) is 24.7. The predicted octanol–water partition coefficient (Wildman–Crippen LogP) is 7.31. The molecular weight excluding hydrogens is 472 g/mol. The second kappa shape index (κ2) is 11.8. The van der Waals surface area contributed by atoms with E-state index in [1.165, 1.54) is 0 Å². The van der Waals surface area contributed by atoms with Crippen molar-refractivity contribution in [3.63, 3.8) is 0 Å². The zero-order chi connectivity index (χ0) is 26.2. The molecule has 0 saturated heterocycles. The Morgan fingerprint density at radius 1 is 0.395 bits per heavy atom. The van der Waals surface area contributed by atoms with Gasteiger partial charge in [0.1, 0.15) is 24.7 Å². The minimum atomic E-state index is -0.00780. The molecular formula is C34H26O4. The summed E-state index contributed by atoms with van der Waals surface area (Å²) in [5.74, 6) is 1.39. The third-order valence-corrected chi connectivity index (χ3v) is 6.14. The zero-order valence-corrected chi connectivity index (χ0v) is 20.7. The van der Waals surface area contributed by atoms with Crippen molar-refractivity contribution in [2.45, 2.75) is 13.2 Å². The summed E-state index contributed by atoms with van der Waals surface area (Å²) >= 11 is 0. The molecule has 186 valence electrons. The monoisotopic (exact) mass is 498 g/mol. The van der Waals surface area contributed by atoms with Gasteiger partial charge in [0, 0.05) is 22.3 Å². The molecule has 0 amide bonds. The number of hydrogen-bond donors (Lipinski definition) is 0. The Kier molecular flexibility index (Phi) is 7.71. The van der Waals surface area contributed by atoms with Crippen LogP contribution in [-0.4, -0.2) is 11.6 Å². The van der Waals surface area contributed by atoms with Gasteiger partial charge in [0.25, 0.3) is 0 Å². The molecule has 5 rings (SSSR count). The van der Waals surface area contributed by atoms with Crippen LogP contribution >= 0.6 is 0 Å². The molecule has 0 fully saturated rings. The van der Waals surface area contributed by atoms with Crippen molar-refractivity contribution in [2.24, 2.45) is 0 Å². The van der Waals surface area contributed by atoms with Crippen LogP contribution in [0.15, 0.2) is 133 Å². The molecule has 0 aliphatic carbocycles. The van der Waals surface area contributed by atoms with E-state index in [0.717, 1.165) is 11.1 Å². The van der Waals surface area contributed by atoms with E-state index in [1.807, 2.05) is 109 Å². The van der Waals surface area contributed by atoms with Crippen LogP contribution in [0.25, 0.3) is 0 Å². The van der Waals surface area contributed by atoms with E-state index in [0.29, 0.717) is 47.0 Å². The largest absolute Gasteiger partial charge is 0.489 e. The molecule has 0 radical (unpaired) electrons. The van der Waals surface area contributed by atoms with Crippen molar-refractivity contribution in [3.8, 4) is 11.5 Å². The van der Waals surface area contributed by atoms with Gasteiger partial charge in [-0.05, 0) is 59.7 Å². The van der Waals surface area contributed by atoms with Gasteiger partial charge in [-0.2, -0.15) is 0 Å². The van der Waals surface area contributed by atoms with E-state index in [9.17, 15) is 9.59 Å². The maximum Gasteiger partial charge on any atom is 0.193 e. The Morgan fingerprint density at radius 2 is 0.711 bits per heavy atom. The van der Waals surface area contributed by atoms with E-state index in [-0.39, 0.29) is 11.6 Å². The van der Waals surface area contributed by atoms with Crippen molar-refractivity contribution >= 4 is 11.6 Å². The molecule has 0 aliphatic heterocycles. The summed E-state index contributed by atoms with van der Waals surface area (Å²) in [5.41, 5.74) is 4.65. The van der Waals surface area contributed by atoms with Gasteiger partial charge < -0.3 is 9.47 Å². The van der Waals surface area contributed by atoms with E-state index in [1.54, 1.807) is 24.3 Å². The fourth-order valence-corrected chi connectivity index (χ4v) is 3.98. The lowest BCUT2D eigenvalue weighted by Gasteiger charge is -2.10. The fourth-order valence-electron chi connectivity index (χ4n) is 3.98. The lowest BCUT2D eigenvalue weighted by molar-refractivity contribution is 0.103. The smallest absolute Gasteiger partial charge is 0.193 e. The molecule has 5 aromatic rings. The molecule has 0 atom stereocenters. The molecule has 4 heteroatoms. The van der Waals surface area contributed by atoms with Crippen molar-refractivity contribution in [3.05, 3.63) is 167 Å². The number of ketones is 2. The van der Waals surface area contributed by atoms with Crippen molar-refractivity contribution in [1.29, 1.82) is 0 Å². The Balaban J connectivity index is 1.10. The van der Waals surface area contributed by atoms with Crippen molar-refractivity contribution in [2.75, 3.05) is 0 Å². The van der Waals surface area contributed by atoms with Gasteiger partial charge in [0.2, 0.25) is 0 Å². The second-order valence-corrected chi connectivity index (χ2v) is 8.83. The first-order chi connectivity index (χ1) is 18.7. The summed E-state index contributed by atoms with van der Waals surface area (Å²) in [7, 11) is 0. The lowest BCUT2D eigenvalue weighted by atomic mass is 10.0. The first-order valence-corrected chi connectivity index (χ1v) is 12.4. The number of ether oxygens (including phenoxy) is 2. The van der Waals surface area contributed by atoms with Crippen LogP contribution in [0.2, 0.25) is 0 Å². The molecule has 0 spiro atoms. The van der Waals surface area contributed by atoms with Gasteiger partial charge in [-0.3, -0.25) is 9.59 Å². The summed E-state index contributed by atoms with van der Waals surface area (Å²) in [4.78, 5) is 25.1. The summed E-state index contributed by atoms with van der Waals surface area (Å²) in [6.07, 6.45) is 0. The SMILES string of the molecule is O=C(c1ccccc1)c1ccc(OCc2ccc(COc3ccc(C(=O)c4ccccc4)cc3)cc2)cc1. The van der Waals surface area contributed by atoms with Crippen molar-refractivity contribution in [1.82, 2.24) is 0 Å². The normalized spacial score (nSPS) is 10.5. The number of carbonyl (C=O) groups is 2. The first-order valence-electron chi connectivity index (χ1n) is 12.4. The maximum atomic E-state index is 12.5. The van der Waals surface area contributed by atoms with Crippen LogP contribution in [-0.2, 0) is 13.2 Å². The maximum absolute atomic E-state index is 12.5. The predicted molar refractivity (Wildman–Crippen MR) is 148 cm³/mol. The van der Waals surface area contributed by atoms with Crippen LogP contribution in [0.3, 0.4) is 0 Å². The minimum Gasteiger partial charge on any atom is -0.489 e. The topological polar surface area (TPSA) is 52.6 Å². The van der Waals surface area contributed by atoms with Gasteiger partial charge in [-0.15, -0.1) is 0 Å². The van der Waals surface area contributed by atoms with Gasteiger partial charge in [0.15, 0.2) is 11.6 Å². The molecule has 0 aliphatic rings. The van der Waals surface area contributed by atoms with Gasteiger partial charge >= 0.3 is 0 Å². The lowest BCUT2D eigenvalue weighted by Crippen LogP contribution is -2.02. The van der Waals surface area contributed by atoms with Gasteiger partial charge in [0.05, 0.1) is 0 Å². The Morgan fingerprint density at radius 3 is 1.05 bits per heavy atom. The number of carbonyl (C=O) groups excluding carboxylic acids is 2. The Bertz CT molecular complexity index is 1370.